The lowest BCUT2D eigenvalue weighted by Gasteiger charge is -2.26. The van der Waals surface area contributed by atoms with E-state index in [1.165, 1.54) is 0 Å². The van der Waals surface area contributed by atoms with Crippen LogP contribution < -0.4 is 4.90 Å². The molecule has 0 saturated carbocycles. The second kappa shape index (κ2) is 9.33. The molecule has 0 saturated heterocycles. The van der Waals surface area contributed by atoms with Gasteiger partial charge in [-0.2, -0.15) is 0 Å². The lowest BCUT2D eigenvalue weighted by molar-refractivity contribution is 0.623. The minimum Gasteiger partial charge on any atom is -0.456 e. The molecule has 202 valence electrons. The van der Waals surface area contributed by atoms with Crippen LogP contribution in [-0.4, -0.2) is 4.98 Å². The first-order valence-electron chi connectivity index (χ1n) is 14.4. The number of nitrogens with zero attached hydrogens (tertiary/aromatic N) is 2. The molecule has 0 N–H and O–H groups in total. The van der Waals surface area contributed by atoms with Gasteiger partial charge in [0.1, 0.15) is 16.7 Å². The standard InChI is InChI=1S/C39H24N2O2/c1-3-9-27(10-4-1)39-40-34-21-18-26-16-15-25-17-19-29(23-32(25)37(26)38(34)43-39)41(28-11-5-2-6-12-28)30-20-22-36-33(24-30)31-13-7-8-14-35(31)42-36/h1-24H. The summed E-state index contributed by atoms with van der Waals surface area (Å²) in [4.78, 5) is 7.16. The number of aromatic nitrogens is 1. The molecule has 0 atom stereocenters. The Labute approximate surface area is 247 Å². The molecule has 0 bridgehead atoms. The van der Waals surface area contributed by atoms with Gasteiger partial charge in [-0.3, -0.25) is 0 Å². The number of hydrogen-bond acceptors (Lipinski definition) is 4. The summed E-state index contributed by atoms with van der Waals surface area (Å²) in [7, 11) is 0. The van der Waals surface area contributed by atoms with Gasteiger partial charge in [-0.15, -0.1) is 0 Å². The van der Waals surface area contributed by atoms with Crippen molar-refractivity contribution in [1.82, 2.24) is 4.98 Å². The van der Waals surface area contributed by atoms with Gasteiger partial charge in [0.05, 0.1) is 0 Å². The van der Waals surface area contributed by atoms with Crippen LogP contribution in [0.1, 0.15) is 0 Å². The van der Waals surface area contributed by atoms with E-state index in [2.05, 4.69) is 95.9 Å². The first-order valence-corrected chi connectivity index (χ1v) is 14.4. The molecule has 0 spiro atoms. The molecular weight excluding hydrogens is 528 g/mol. The van der Waals surface area contributed by atoms with E-state index >= 15 is 0 Å². The van der Waals surface area contributed by atoms with Crippen LogP contribution in [0.3, 0.4) is 0 Å². The van der Waals surface area contributed by atoms with E-state index in [0.29, 0.717) is 5.89 Å². The average Bonchev–Trinajstić information content (AvgIpc) is 3.67. The predicted octanol–water partition coefficient (Wildman–Crippen LogP) is 11.2. The number of para-hydroxylation sites is 2. The van der Waals surface area contributed by atoms with Crippen molar-refractivity contribution in [1.29, 1.82) is 0 Å². The van der Waals surface area contributed by atoms with Crippen LogP contribution in [0, 0.1) is 0 Å². The Bertz CT molecular complexity index is 2460. The minimum atomic E-state index is 0.628. The first-order chi connectivity index (χ1) is 21.3. The highest BCUT2D eigenvalue weighted by Gasteiger charge is 2.18. The first kappa shape index (κ1) is 23.8. The van der Waals surface area contributed by atoms with Crippen LogP contribution >= 0.6 is 0 Å². The highest BCUT2D eigenvalue weighted by molar-refractivity contribution is 6.18. The van der Waals surface area contributed by atoms with Crippen LogP contribution in [0.4, 0.5) is 17.1 Å². The number of benzene rings is 7. The molecule has 0 aliphatic rings. The number of furan rings is 1. The molecule has 0 fully saturated rings. The third-order valence-electron chi connectivity index (χ3n) is 8.25. The van der Waals surface area contributed by atoms with E-state index in [-0.39, 0.29) is 0 Å². The number of hydrogen-bond donors (Lipinski definition) is 0. The van der Waals surface area contributed by atoms with Gasteiger partial charge in [0.25, 0.3) is 0 Å². The van der Waals surface area contributed by atoms with Crippen molar-refractivity contribution < 1.29 is 8.83 Å². The van der Waals surface area contributed by atoms with Gasteiger partial charge in [-0.05, 0) is 82.9 Å². The molecule has 2 aromatic heterocycles. The second-order valence-corrected chi connectivity index (χ2v) is 10.8. The average molecular weight is 553 g/mol. The Morgan fingerprint density at radius 1 is 0.465 bits per heavy atom. The highest BCUT2D eigenvalue weighted by atomic mass is 16.3. The van der Waals surface area contributed by atoms with Crippen LogP contribution in [0.2, 0.25) is 0 Å². The van der Waals surface area contributed by atoms with Gasteiger partial charge < -0.3 is 13.7 Å². The largest absolute Gasteiger partial charge is 0.456 e. The summed E-state index contributed by atoms with van der Waals surface area (Å²) >= 11 is 0. The Kier molecular flexibility index (Phi) is 5.16. The topological polar surface area (TPSA) is 42.4 Å². The molecule has 0 unspecified atom stereocenters. The highest BCUT2D eigenvalue weighted by Crippen LogP contribution is 2.41. The Morgan fingerprint density at radius 2 is 1.12 bits per heavy atom. The summed E-state index contributed by atoms with van der Waals surface area (Å²) in [6.07, 6.45) is 0. The fourth-order valence-electron chi connectivity index (χ4n) is 6.23. The second-order valence-electron chi connectivity index (χ2n) is 10.8. The van der Waals surface area contributed by atoms with Gasteiger partial charge in [0.2, 0.25) is 5.89 Å². The summed E-state index contributed by atoms with van der Waals surface area (Å²) in [5.74, 6) is 0.628. The van der Waals surface area contributed by atoms with Crippen molar-refractivity contribution in [3.8, 4) is 11.5 Å². The van der Waals surface area contributed by atoms with Crippen molar-refractivity contribution in [3.05, 3.63) is 146 Å². The molecule has 0 aliphatic heterocycles. The number of anilines is 3. The summed E-state index contributed by atoms with van der Waals surface area (Å²) < 4.78 is 12.6. The van der Waals surface area contributed by atoms with Gasteiger partial charge in [-0.1, -0.05) is 78.9 Å². The lowest BCUT2D eigenvalue weighted by Crippen LogP contribution is -2.09. The molecule has 4 nitrogen and oxygen atoms in total. The zero-order valence-corrected chi connectivity index (χ0v) is 23.1. The van der Waals surface area contributed by atoms with Crippen LogP contribution in [-0.2, 0) is 0 Å². The van der Waals surface area contributed by atoms with E-state index in [0.717, 1.165) is 77.2 Å². The zero-order valence-electron chi connectivity index (χ0n) is 23.1. The summed E-state index contributed by atoms with van der Waals surface area (Å²) in [6.45, 7) is 0. The van der Waals surface area contributed by atoms with E-state index in [9.17, 15) is 0 Å². The smallest absolute Gasteiger partial charge is 0.227 e. The van der Waals surface area contributed by atoms with Gasteiger partial charge in [-0.25, -0.2) is 4.98 Å². The third kappa shape index (κ3) is 3.81. The summed E-state index contributed by atoms with van der Waals surface area (Å²) in [5.41, 5.74) is 7.57. The molecule has 0 radical (unpaired) electrons. The van der Waals surface area contributed by atoms with Crippen molar-refractivity contribution in [2.24, 2.45) is 0 Å². The Morgan fingerprint density at radius 3 is 1.98 bits per heavy atom. The Balaban J connectivity index is 1.29. The van der Waals surface area contributed by atoms with Crippen molar-refractivity contribution >= 4 is 71.6 Å². The van der Waals surface area contributed by atoms with E-state index < -0.39 is 0 Å². The van der Waals surface area contributed by atoms with Crippen molar-refractivity contribution in [2.75, 3.05) is 4.90 Å². The molecule has 9 aromatic rings. The molecule has 2 heterocycles. The third-order valence-corrected chi connectivity index (χ3v) is 8.25. The molecule has 4 heteroatoms. The van der Waals surface area contributed by atoms with Gasteiger partial charge in [0.15, 0.2) is 5.58 Å². The number of rotatable bonds is 4. The zero-order chi connectivity index (χ0) is 28.3. The lowest BCUT2D eigenvalue weighted by atomic mass is 10.00. The van der Waals surface area contributed by atoms with Crippen LogP contribution in [0.25, 0.3) is 66.0 Å². The molecule has 7 aromatic carbocycles. The van der Waals surface area contributed by atoms with E-state index in [1.807, 2.05) is 54.6 Å². The molecule has 9 rings (SSSR count). The fraction of sp³-hybridized carbons (Fsp3) is 0. The maximum absolute atomic E-state index is 6.49. The van der Waals surface area contributed by atoms with Crippen molar-refractivity contribution in [3.63, 3.8) is 0 Å². The normalized spacial score (nSPS) is 11.7. The molecule has 43 heavy (non-hydrogen) atoms. The fourth-order valence-corrected chi connectivity index (χ4v) is 6.23. The molecular formula is C39H24N2O2. The number of oxazole rings is 1. The maximum Gasteiger partial charge on any atom is 0.227 e. The monoisotopic (exact) mass is 552 g/mol. The van der Waals surface area contributed by atoms with Gasteiger partial charge in [0, 0.05) is 38.8 Å². The number of fused-ring (bicyclic) bond motifs is 8. The molecule has 0 amide bonds. The summed E-state index contributed by atoms with van der Waals surface area (Å²) in [6, 6.07) is 50.4. The minimum absolute atomic E-state index is 0.628. The Hall–Kier alpha value is -5.87. The van der Waals surface area contributed by atoms with Crippen molar-refractivity contribution in [2.45, 2.75) is 0 Å². The van der Waals surface area contributed by atoms with Crippen LogP contribution in [0.5, 0.6) is 0 Å². The quantitative estimate of drug-likeness (QED) is 0.204. The summed E-state index contributed by atoms with van der Waals surface area (Å²) in [5, 5.41) is 6.65. The van der Waals surface area contributed by atoms with Gasteiger partial charge >= 0.3 is 0 Å². The van der Waals surface area contributed by atoms with E-state index in [4.69, 9.17) is 13.8 Å². The van der Waals surface area contributed by atoms with E-state index in [1.54, 1.807) is 0 Å². The maximum atomic E-state index is 6.49. The molecule has 0 aliphatic carbocycles. The SMILES string of the molecule is c1ccc(-c2nc3ccc4ccc5ccc(N(c6ccccc6)c6ccc7oc8ccccc8c7c6)cc5c4c3o2)cc1. The van der Waals surface area contributed by atoms with Crippen LogP contribution in [0.15, 0.2) is 154 Å². The predicted molar refractivity (Wildman–Crippen MR) is 176 cm³/mol.